The van der Waals surface area contributed by atoms with Gasteiger partial charge in [0.05, 0.1) is 18.4 Å². The minimum Gasteiger partial charge on any atom is -0.481 e. The maximum atomic E-state index is 12.2. The van der Waals surface area contributed by atoms with E-state index in [1.165, 1.54) is 11.9 Å². The van der Waals surface area contributed by atoms with Crippen LogP contribution in [0.1, 0.15) is 24.0 Å². The second-order valence-electron chi connectivity index (χ2n) is 6.12. The Labute approximate surface area is 135 Å². The van der Waals surface area contributed by atoms with Crippen LogP contribution in [0.5, 0.6) is 0 Å². The van der Waals surface area contributed by atoms with E-state index in [0.29, 0.717) is 12.8 Å². The highest BCUT2D eigenvalue weighted by atomic mass is 16.4. The van der Waals surface area contributed by atoms with E-state index in [9.17, 15) is 14.4 Å². The molecule has 1 aromatic carbocycles. The first-order chi connectivity index (χ1) is 10.8. The van der Waals surface area contributed by atoms with Gasteiger partial charge < -0.3 is 15.3 Å². The molecule has 1 fully saturated rings. The second kappa shape index (κ2) is 6.81. The maximum absolute atomic E-state index is 12.2. The van der Waals surface area contributed by atoms with Crippen molar-refractivity contribution in [3.8, 4) is 0 Å². The molecule has 2 N–H and O–H groups in total. The summed E-state index contributed by atoms with van der Waals surface area (Å²) in [4.78, 5) is 36.7. The molecule has 23 heavy (non-hydrogen) atoms. The molecule has 2 atom stereocenters. The van der Waals surface area contributed by atoms with Gasteiger partial charge in [-0.3, -0.25) is 14.4 Å². The molecule has 2 rings (SSSR count). The minimum atomic E-state index is -0.942. The van der Waals surface area contributed by atoms with Crippen molar-refractivity contribution in [2.24, 2.45) is 11.8 Å². The molecule has 1 saturated carbocycles. The third-order valence-corrected chi connectivity index (χ3v) is 4.54. The van der Waals surface area contributed by atoms with E-state index in [-0.39, 0.29) is 18.4 Å². The molecule has 0 bridgehead atoms. The number of nitrogens with zero attached hydrogens (tertiary/aromatic N) is 1. The lowest BCUT2D eigenvalue weighted by Gasteiger charge is -2.34. The Kier molecular flexibility index (Phi) is 5.03. The number of carbonyl (C=O) groups excluding carboxylic acids is 2. The van der Waals surface area contributed by atoms with Crippen LogP contribution in [0.3, 0.4) is 0 Å². The molecule has 6 nitrogen and oxygen atoms in total. The summed E-state index contributed by atoms with van der Waals surface area (Å²) in [6, 6.07) is 5.64. The number of aliphatic carboxylic acids is 1. The van der Waals surface area contributed by atoms with Gasteiger partial charge in [-0.05, 0) is 43.9 Å². The standard InChI is InChI=1S/C17H22N2O4/c1-10-5-4-6-14(11(10)2)18-15(20)9-19(3)16(21)12-7-8-13(12)17(22)23/h4-6,12-13H,7-9H2,1-3H3,(H,18,20)(H,22,23). The second-order valence-corrected chi connectivity index (χ2v) is 6.12. The molecule has 0 spiro atoms. The maximum Gasteiger partial charge on any atom is 0.307 e. The molecule has 0 aliphatic heterocycles. The number of rotatable bonds is 5. The van der Waals surface area contributed by atoms with Gasteiger partial charge in [0.25, 0.3) is 0 Å². The van der Waals surface area contributed by atoms with Gasteiger partial charge in [0, 0.05) is 12.7 Å². The molecule has 0 radical (unpaired) electrons. The third-order valence-electron chi connectivity index (χ3n) is 4.54. The number of carboxylic acids is 1. The van der Waals surface area contributed by atoms with E-state index in [4.69, 9.17) is 5.11 Å². The quantitative estimate of drug-likeness (QED) is 0.867. The fourth-order valence-corrected chi connectivity index (χ4v) is 2.74. The highest BCUT2D eigenvalue weighted by molar-refractivity contribution is 5.96. The molecule has 0 aromatic heterocycles. The lowest BCUT2D eigenvalue weighted by Crippen LogP contribution is -2.46. The Morgan fingerprint density at radius 3 is 2.43 bits per heavy atom. The van der Waals surface area contributed by atoms with Crippen molar-refractivity contribution in [1.29, 1.82) is 0 Å². The molecule has 1 aromatic rings. The smallest absolute Gasteiger partial charge is 0.307 e. The highest BCUT2D eigenvalue weighted by Crippen LogP contribution is 2.35. The van der Waals surface area contributed by atoms with Crippen LogP contribution in [0.4, 0.5) is 5.69 Å². The highest BCUT2D eigenvalue weighted by Gasteiger charge is 2.42. The minimum absolute atomic E-state index is 0.0882. The van der Waals surface area contributed by atoms with Gasteiger partial charge in [-0.25, -0.2) is 0 Å². The third kappa shape index (κ3) is 3.70. The average Bonchev–Trinajstić information content (AvgIpc) is 2.41. The summed E-state index contributed by atoms with van der Waals surface area (Å²) in [5.74, 6) is -2.64. The van der Waals surface area contributed by atoms with Crippen LogP contribution < -0.4 is 5.32 Å². The first-order valence-electron chi connectivity index (χ1n) is 7.65. The van der Waals surface area contributed by atoms with Crippen LogP contribution in [0.2, 0.25) is 0 Å². The predicted molar refractivity (Wildman–Crippen MR) is 86.0 cm³/mol. The molecule has 124 valence electrons. The van der Waals surface area contributed by atoms with E-state index < -0.39 is 17.8 Å². The Balaban J connectivity index is 1.93. The number of hydrogen-bond donors (Lipinski definition) is 2. The number of aryl methyl sites for hydroxylation is 1. The lowest BCUT2D eigenvalue weighted by atomic mass is 9.73. The van der Waals surface area contributed by atoms with Crippen LogP contribution >= 0.6 is 0 Å². The van der Waals surface area contributed by atoms with Crippen molar-refractivity contribution in [3.63, 3.8) is 0 Å². The fraction of sp³-hybridized carbons (Fsp3) is 0.471. The van der Waals surface area contributed by atoms with Gasteiger partial charge in [0.1, 0.15) is 0 Å². The van der Waals surface area contributed by atoms with Crippen molar-refractivity contribution < 1.29 is 19.5 Å². The van der Waals surface area contributed by atoms with Crippen molar-refractivity contribution in [2.75, 3.05) is 18.9 Å². The van der Waals surface area contributed by atoms with E-state index in [0.717, 1.165) is 16.8 Å². The summed E-state index contributed by atoms with van der Waals surface area (Å²) in [6.07, 6.45) is 1.09. The van der Waals surface area contributed by atoms with Gasteiger partial charge in [-0.15, -0.1) is 0 Å². The van der Waals surface area contributed by atoms with Gasteiger partial charge >= 0.3 is 5.97 Å². The summed E-state index contributed by atoms with van der Waals surface area (Å²) < 4.78 is 0. The summed E-state index contributed by atoms with van der Waals surface area (Å²) in [5, 5.41) is 11.8. The van der Waals surface area contributed by atoms with Gasteiger partial charge in [0.2, 0.25) is 11.8 Å². The van der Waals surface area contributed by atoms with Gasteiger partial charge in [-0.2, -0.15) is 0 Å². The number of carboxylic acid groups (broad SMARTS) is 1. The molecular formula is C17H22N2O4. The zero-order chi connectivity index (χ0) is 17.1. The Morgan fingerprint density at radius 2 is 1.87 bits per heavy atom. The van der Waals surface area contributed by atoms with Crippen LogP contribution in [0, 0.1) is 25.7 Å². The fourth-order valence-electron chi connectivity index (χ4n) is 2.74. The first kappa shape index (κ1) is 17.0. The molecule has 1 aliphatic rings. The first-order valence-corrected chi connectivity index (χ1v) is 7.65. The van der Waals surface area contributed by atoms with Crippen molar-refractivity contribution in [1.82, 2.24) is 4.90 Å². The topological polar surface area (TPSA) is 86.7 Å². The van der Waals surface area contributed by atoms with E-state index in [2.05, 4.69) is 5.32 Å². The number of likely N-dealkylation sites (N-methyl/N-ethyl adjacent to an activating group) is 1. The number of nitrogens with one attached hydrogen (secondary N) is 1. The molecule has 0 saturated heterocycles. The number of carbonyl (C=O) groups is 3. The number of hydrogen-bond acceptors (Lipinski definition) is 3. The van der Waals surface area contributed by atoms with Crippen LogP contribution in [0.25, 0.3) is 0 Å². The largest absolute Gasteiger partial charge is 0.481 e. The number of anilines is 1. The molecule has 2 amide bonds. The van der Waals surface area contributed by atoms with E-state index >= 15 is 0 Å². The predicted octanol–water partition coefficient (Wildman–Crippen LogP) is 1.81. The normalized spacial score (nSPS) is 19.6. The van der Waals surface area contributed by atoms with E-state index in [1.54, 1.807) is 0 Å². The summed E-state index contributed by atoms with van der Waals surface area (Å²) in [6.45, 7) is 3.80. The average molecular weight is 318 g/mol. The lowest BCUT2D eigenvalue weighted by molar-refractivity contribution is -0.156. The van der Waals surface area contributed by atoms with Crippen molar-refractivity contribution in [3.05, 3.63) is 29.3 Å². The molecule has 2 unspecified atom stereocenters. The van der Waals surface area contributed by atoms with Crippen molar-refractivity contribution >= 4 is 23.5 Å². The molecular weight excluding hydrogens is 296 g/mol. The Bertz CT molecular complexity index is 641. The Morgan fingerprint density at radius 1 is 1.22 bits per heavy atom. The molecule has 1 aliphatic carbocycles. The van der Waals surface area contributed by atoms with Crippen molar-refractivity contribution in [2.45, 2.75) is 26.7 Å². The number of benzene rings is 1. The summed E-state index contributed by atoms with van der Waals surface area (Å²) >= 11 is 0. The molecule has 0 heterocycles. The summed E-state index contributed by atoms with van der Waals surface area (Å²) in [7, 11) is 1.53. The molecule has 6 heteroatoms. The number of amides is 2. The van der Waals surface area contributed by atoms with Gasteiger partial charge in [-0.1, -0.05) is 12.1 Å². The summed E-state index contributed by atoms with van der Waals surface area (Å²) in [5.41, 5.74) is 2.79. The monoisotopic (exact) mass is 318 g/mol. The van der Waals surface area contributed by atoms with Crippen LogP contribution in [-0.4, -0.2) is 41.4 Å². The SMILES string of the molecule is Cc1cccc(NC(=O)CN(C)C(=O)C2CCC2C(=O)O)c1C. The van der Waals surface area contributed by atoms with Crippen LogP contribution in [0.15, 0.2) is 18.2 Å². The zero-order valence-electron chi connectivity index (χ0n) is 13.6. The Hall–Kier alpha value is -2.37. The zero-order valence-corrected chi connectivity index (χ0v) is 13.6. The van der Waals surface area contributed by atoms with Gasteiger partial charge in [0.15, 0.2) is 0 Å². The van der Waals surface area contributed by atoms with Crippen LogP contribution in [-0.2, 0) is 14.4 Å². The van der Waals surface area contributed by atoms with E-state index in [1.807, 2.05) is 32.0 Å².